The highest BCUT2D eigenvalue weighted by molar-refractivity contribution is 7.89. The molecule has 2 aromatic carbocycles. The van der Waals surface area contributed by atoms with Crippen molar-refractivity contribution in [2.24, 2.45) is 5.92 Å². The second-order valence-corrected chi connectivity index (χ2v) is 9.69. The molecule has 1 heterocycles. The van der Waals surface area contributed by atoms with Gasteiger partial charge in [0, 0.05) is 25.2 Å². The van der Waals surface area contributed by atoms with Crippen LogP contribution in [0.5, 0.6) is 5.75 Å². The molecular weight excluding hydrogens is 469 g/mol. The van der Waals surface area contributed by atoms with Crippen LogP contribution in [-0.4, -0.2) is 38.8 Å². The summed E-state index contributed by atoms with van der Waals surface area (Å²) in [5.41, 5.74) is -0.344. The molecule has 1 N–H and O–H groups in total. The number of halogens is 4. The second-order valence-electron chi connectivity index (χ2n) is 7.37. The van der Waals surface area contributed by atoms with Crippen LogP contribution in [-0.2, 0) is 27.5 Å². The van der Waals surface area contributed by atoms with E-state index in [1.807, 2.05) is 0 Å². The molecule has 1 aliphatic heterocycles. The maximum atomic E-state index is 13.1. The molecule has 0 saturated carbocycles. The van der Waals surface area contributed by atoms with Crippen LogP contribution in [0, 0.1) is 5.92 Å². The number of alkyl halides is 3. The highest BCUT2D eigenvalue weighted by Crippen LogP contribution is 2.35. The fourth-order valence-electron chi connectivity index (χ4n) is 3.57. The average molecular weight is 491 g/mol. The fourth-order valence-corrected chi connectivity index (χ4v) is 5.59. The number of nitrogens with one attached hydrogen (secondary N) is 1. The van der Waals surface area contributed by atoms with Gasteiger partial charge < -0.3 is 10.1 Å². The van der Waals surface area contributed by atoms with Gasteiger partial charge in [-0.1, -0.05) is 29.8 Å². The van der Waals surface area contributed by atoms with E-state index in [0.29, 0.717) is 24.7 Å². The molecule has 1 atom stereocenters. The van der Waals surface area contributed by atoms with Gasteiger partial charge in [-0.15, -0.1) is 0 Å². The first-order valence-electron chi connectivity index (χ1n) is 9.80. The Morgan fingerprint density at radius 1 is 1.25 bits per heavy atom. The zero-order valence-corrected chi connectivity index (χ0v) is 18.7. The molecule has 6 nitrogen and oxygen atoms in total. The highest BCUT2D eigenvalue weighted by atomic mass is 35.5. The van der Waals surface area contributed by atoms with E-state index in [-0.39, 0.29) is 30.6 Å². The average Bonchev–Trinajstić information content (AvgIpc) is 2.77. The van der Waals surface area contributed by atoms with Crippen molar-refractivity contribution in [2.45, 2.75) is 30.5 Å². The number of methoxy groups -OCH3 is 1. The third-order valence-electron chi connectivity index (χ3n) is 5.28. The topological polar surface area (TPSA) is 75.7 Å². The first-order chi connectivity index (χ1) is 15.0. The van der Waals surface area contributed by atoms with E-state index in [0.717, 1.165) is 22.0 Å². The van der Waals surface area contributed by atoms with Gasteiger partial charge in [0.25, 0.3) is 0 Å². The van der Waals surface area contributed by atoms with Gasteiger partial charge in [0.05, 0.1) is 23.6 Å². The summed E-state index contributed by atoms with van der Waals surface area (Å²) in [6.07, 6.45) is -3.86. The smallest absolute Gasteiger partial charge is 0.416 e. The molecule has 1 saturated heterocycles. The van der Waals surface area contributed by atoms with Gasteiger partial charge >= 0.3 is 6.18 Å². The number of para-hydroxylation sites is 1. The third kappa shape index (κ3) is 5.36. The Bertz CT molecular complexity index is 1090. The van der Waals surface area contributed by atoms with E-state index in [2.05, 4.69) is 5.32 Å². The summed E-state index contributed by atoms with van der Waals surface area (Å²) in [4.78, 5) is 12.1. The summed E-state index contributed by atoms with van der Waals surface area (Å²) in [6, 6.07) is 9.33. The van der Waals surface area contributed by atoms with Gasteiger partial charge in [0.1, 0.15) is 10.6 Å². The highest BCUT2D eigenvalue weighted by Gasteiger charge is 2.37. The minimum absolute atomic E-state index is 0.0885. The van der Waals surface area contributed by atoms with Crippen molar-refractivity contribution in [3.8, 4) is 5.75 Å². The van der Waals surface area contributed by atoms with Crippen LogP contribution >= 0.6 is 11.6 Å². The van der Waals surface area contributed by atoms with E-state index in [4.69, 9.17) is 16.3 Å². The van der Waals surface area contributed by atoms with Crippen molar-refractivity contribution >= 4 is 27.5 Å². The quantitative estimate of drug-likeness (QED) is 0.662. The molecule has 11 heteroatoms. The number of carbonyl (C=O) groups is 1. The van der Waals surface area contributed by atoms with Gasteiger partial charge in [-0.25, -0.2) is 8.42 Å². The summed E-state index contributed by atoms with van der Waals surface area (Å²) >= 11 is 5.93. The Morgan fingerprint density at radius 3 is 2.66 bits per heavy atom. The van der Waals surface area contributed by atoms with Crippen LogP contribution in [0.25, 0.3) is 0 Å². The van der Waals surface area contributed by atoms with E-state index < -0.39 is 32.6 Å². The predicted octanol–water partition coefficient (Wildman–Crippen LogP) is 4.08. The van der Waals surface area contributed by atoms with Crippen LogP contribution in [0.1, 0.15) is 24.0 Å². The van der Waals surface area contributed by atoms with Crippen molar-refractivity contribution in [2.75, 3.05) is 20.2 Å². The lowest BCUT2D eigenvalue weighted by Gasteiger charge is -2.31. The van der Waals surface area contributed by atoms with Gasteiger partial charge in [0.2, 0.25) is 15.9 Å². The molecule has 1 unspecified atom stereocenters. The van der Waals surface area contributed by atoms with Crippen molar-refractivity contribution in [3.63, 3.8) is 0 Å². The molecular formula is C21H22ClF3N2O4S. The Kier molecular flexibility index (Phi) is 7.36. The van der Waals surface area contributed by atoms with Gasteiger partial charge in [-0.3, -0.25) is 4.79 Å². The van der Waals surface area contributed by atoms with Gasteiger partial charge in [-0.05, 0) is 37.1 Å². The van der Waals surface area contributed by atoms with E-state index >= 15 is 0 Å². The van der Waals surface area contributed by atoms with E-state index in [1.165, 1.54) is 7.11 Å². The summed E-state index contributed by atoms with van der Waals surface area (Å²) in [7, 11) is -2.80. The molecule has 174 valence electrons. The summed E-state index contributed by atoms with van der Waals surface area (Å²) in [5.74, 6) is -0.372. The Morgan fingerprint density at radius 2 is 1.97 bits per heavy atom. The molecule has 0 spiro atoms. The van der Waals surface area contributed by atoms with Crippen LogP contribution in [0.4, 0.5) is 13.2 Å². The molecule has 1 amide bonds. The molecule has 0 bridgehead atoms. The molecule has 0 aliphatic carbocycles. The fraction of sp³-hybridized carbons (Fsp3) is 0.381. The Labute approximate surface area is 189 Å². The van der Waals surface area contributed by atoms with Crippen molar-refractivity contribution < 1.29 is 31.1 Å². The number of rotatable bonds is 6. The van der Waals surface area contributed by atoms with Crippen molar-refractivity contribution in [1.82, 2.24) is 9.62 Å². The van der Waals surface area contributed by atoms with Crippen LogP contribution < -0.4 is 10.1 Å². The molecule has 2 aromatic rings. The lowest BCUT2D eigenvalue weighted by atomic mass is 9.98. The zero-order valence-electron chi connectivity index (χ0n) is 17.2. The van der Waals surface area contributed by atoms with Gasteiger partial charge in [0.15, 0.2) is 0 Å². The summed E-state index contributed by atoms with van der Waals surface area (Å²) in [6.45, 7) is 0.142. The van der Waals surface area contributed by atoms with E-state index in [1.54, 1.807) is 24.3 Å². The number of benzene rings is 2. The zero-order chi connectivity index (χ0) is 23.5. The van der Waals surface area contributed by atoms with E-state index in [9.17, 15) is 26.4 Å². The SMILES string of the molecule is COc1ccccc1CNC(=O)C1CCCN(S(=O)(=O)c2cc(C(F)(F)F)ccc2Cl)C1. The number of hydrogen-bond acceptors (Lipinski definition) is 4. The maximum absolute atomic E-state index is 13.1. The minimum atomic E-state index is -4.71. The Hall–Kier alpha value is -2.30. The lowest BCUT2D eigenvalue weighted by molar-refractivity contribution is -0.137. The lowest BCUT2D eigenvalue weighted by Crippen LogP contribution is -2.45. The molecule has 1 aliphatic rings. The molecule has 0 radical (unpaired) electrons. The summed E-state index contributed by atoms with van der Waals surface area (Å²) < 4.78 is 71.5. The summed E-state index contributed by atoms with van der Waals surface area (Å²) in [5, 5.41) is 2.48. The number of sulfonamides is 1. The first-order valence-corrected chi connectivity index (χ1v) is 11.6. The predicted molar refractivity (Wildman–Crippen MR) is 113 cm³/mol. The third-order valence-corrected chi connectivity index (χ3v) is 7.62. The first kappa shape index (κ1) is 24.3. The number of carbonyl (C=O) groups excluding carboxylic acids is 1. The Balaban J connectivity index is 1.74. The monoisotopic (exact) mass is 490 g/mol. The van der Waals surface area contributed by atoms with Crippen LogP contribution in [0.15, 0.2) is 47.4 Å². The molecule has 1 fully saturated rings. The second kappa shape index (κ2) is 9.68. The molecule has 32 heavy (non-hydrogen) atoms. The number of amides is 1. The number of hydrogen-bond donors (Lipinski definition) is 1. The minimum Gasteiger partial charge on any atom is -0.496 e. The molecule has 0 aromatic heterocycles. The van der Waals surface area contributed by atoms with Crippen molar-refractivity contribution in [1.29, 1.82) is 0 Å². The number of nitrogens with zero attached hydrogens (tertiary/aromatic N) is 1. The maximum Gasteiger partial charge on any atom is 0.416 e. The number of piperidine rings is 1. The standard InChI is InChI=1S/C21H22ClF3N2O4S/c1-31-18-7-3-2-5-14(18)12-26-20(28)15-6-4-10-27(13-15)32(29,30)19-11-16(21(23,24)25)8-9-17(19)22/h2-3,5,7-9,11,15H,4,6,10,12-13H2,1H3,(H,26,28). The van der Waals surface area contributed by atoms with Crippen LogP contribution in [0.3, 0.4) is 0 Å². The van der Waals surface area contributed by atoms with Crippen molar-refractivity contribution in [3.05, 3.63) is 58.6 Å². The molecule has 3 rings (SSSR count). The normalized spacial score (nSPS) is 17.7. The van der Waals surface area contributed by atoms with Gasteiger partial charge in [-0.2, -0.15) is 17.5 Å². The van der Waals surface area contributed by atoms with Crippen LogP contribution in [0.2, 0.25) is 5.02 Å². The number of ether oxygens (including phenoxy) is 1. The largest absolute Gasteiger partial charge is 0.496 e.